The number of nitrogens with zero attached hydrogens (tertiary/aromatic N) is 1. The van der Waals surface area contributed by atoms with Gasteiger partial charge in [-0.15, -0.1) is 0 Å². The first-order valence-electron chi connectivity index (χ1n) is 9.16. The maximum Gasteiger partial charge on any atom is 0.217 e. The first-order chi connectivity index (χ1) is 9.83. The van der Waals surface area contributed by atoms with Gasteiger partial charge < -0.3 is 4.85 Å². The van der Waals surface area contributed by atoms with Gasteiger partial charge in [-0.25, -0.2) is 6.57 Å². The summed E-state index contributed by atoms with van der Waals surface area (Å²) < 4.78 is 0. The minimum absolute atomic E-state index is 0.731. The number of hydrogen-bond donors (Lipinski definition) is 0. The summed E-state index contributed by atoms with van der Waals surface area (Å²) in [7, 11) is 0. The first kappa shape index (κ1) is 15.9. The second-order valence-corrected chi connectivity index (χ2v) is 7.40. The van der Waals surface area contributed by atoms with Crippen molar-refractivity contribution in [1.82, 2.24) is 0 Å². The molecule has 1 heteroatoms. The Kier molecular flexibility index (Phi) is 6.91. The summed E-state index contributed by atoms with van der Waals surface area (Å²) in [5.41, 5.74) is 0. The van der Waals surface area contributed by atoms with E-state index in [0.717, 1.165) is 30.2 Å². The van der Waals surface area contributed by atoms with Crippen molar-refractivity contribution >= 4 is 0 Å². The van der Waals surface area contributed by atoms with Crippen LogP contribution in [0.15, 0.2) is 0 Å². The van der Waals surface area contributed by atoms with Crippen molar-refractivity contribution in [2.75, 3.05) is 6.54 Å². The highest BCUT2D eigenvalue weighted by atomic mass is 14.6. The first-order valence-corrected chi connectivity index (χ1v) is 9.16. The molecule has 20 heavy (non-hydrogen) atoms. The molecule has 0 aromatic carbocycles. The second-order valence-electron chi connectivity index (χ2n) is 7.40. The zero-order valence-corrected chi connectivity index (χ0v) is 13.4. The van der Waals surface area contributed by atoms with Gasteiger partial charge in [0.05, 0.1) is 0 Å². The fourth-order valence-electron chi connectivity index (χ4n) is 4.60. The lowest BCUT2D eigenvalue weighted by molar-refractivity contribution is 0.146. The van der Waals surface area contributed by atoms with E-state index in [9.17, 15) is 0 Å². The average molecular weight is 275 g/mol. The van der Waals surface area contributed by atoms with Gasteiger partial charge in [0, 0.05) is 5.92 Å². The number of unbranched alkanes of at least 4 members (excludes halogenated alkanes) is 2. The van der Waals surface area contributed by atoms with Crippen molar-refractivity contribution in [2.24, 2.45) is 23.7 Å². The van der Waals surface area contributed by atoms with Crippen LogP contribution < -0.4 is 0 Å². The molecule has 0 atom stereocenters. The highest BCUT2D eigenvalue weighted by molar-refractivity contribution is 4.83. The second kappa shape index (κ2) is 8.71. The van der Waals surface area contributed by atoms with Crippen LogP contribution in [0.4, 0.5) is 0 Å². The SMILES string of the molecule is [C-]#[N+]CC1CCC(C2CCC(CCCCC)CC2)CC1. The quantitative estimate of drug-likeness (QED) is 0.407. The Morgan fingerprint density at radius 2 is 1.35 bits per heavy atom. The third kappa shape index (κ3) is 4.80. The molecule has 0 bridgehead atoms. The van der Waals surface area contributed by atoms with Gasteiger partial charge in [-0.05, 0) is 56.3 Å². The van der Waals surface area contributed by atoms with Gasteiger partial charge in [0.25, 0.3) is 0 Å². The van der Waals surface area contributed by atoms with Crippen LogP contribution in [-0.4, -0.2) is 6.54 Å². The predicted octanol–water partition coefficient (Wildman–Crippen LogP) is 6.10. The molecule has 0 N–H and O–H groups in total. The van der Waals surface area contributed by atoms with Crippen LogP contribution in [0.5, 0.6) is 0 Å². The molecule has 0 radical (unpaired) electrons. The van der Waals surface area contributed by atoms with Crippen molar-refractivity contribution < 1.29 is 0 Å². The molecule has 2 saturated carbocycles. The zero-order chi connectivity index (χ0) is 14.2. The van der Waals surface area contributed by atoms with Gasteiger partial charge in [0.2, 0.25) is 6.54 Å². The molecule has 0 unspecified atom stereocenters. The molecular formula is C19H33N. The van der Waals surface area contributed by atoms with Crippen LogP contribution in [0.3, 0.4) is 0 Å². The molecule has 0 spiro atoms. The highest BCUT2D eigenvalue weighted by Gasteiger charge is 2.31. The maximum absolute atomic E-state index is 7.00. The lowest BCUT2D eigenvalue weighted by atomic mass is 9.68. The maximum atomic E-state index is 7.00. The van der Waals surface area contributed by atoms with E-state index in [1.807, 2.05) is 0 Å². The topological polar surface area (TPSA) is 4.36 Å². The minimum atomic E-state index is 0.731. The molecule has 0 aromatic rings. The summed E-state index contributed by atoms with van der Waals surface area (Å²) in [5, 5.41) is 0. The molecule has 2 aliphatic rings. The standard InChI is InChI=1S/C19H33N/c1-3-4-5-6-16-7-11-18(12-8-16)19-13-9-17(10-14-19)15-20-2/h16-19H,3-15H2,1H3. The van der Waals surface area contributed by atoms with Crippen molar-refractivity contribution in [1.29, 1.82) is 0 Å². The molecule has 2 rings (SSSR count). The van der Waals surface area contributed by atoms with Crippen LogP contribution in [0.25, 0.3) is 4.85 Å². The van der Waals surface area contributed by atoms with Crippen LogP contribution >= 0.6 is 0 Å². The Morgan fingerprint density at radius 3 is 1.85 bits per heavy atom. The Bertz CT molecular complexity index is 287. The molecule has 0 amide bonds. The molecular weight excluding hydrogens is 242 g/mol. The average Bonchev–Trinajstić information content (AvgIpc) is 2.49. The van der Waals surface area contributed by atoms with Gasteiger partial charge in [-0.1, -0.05) is 45.4 Å². The summed E-state index contributed by atoms with van der Waals surface area (Å²) in [5.74, 6) is 3.82. The Hall–Kier alpha value is -0.510. The molecule has 0 aromatic heterocycles. The molecule has 2 fully saturated rings. The van der Waals surface area contributed by atoms with E-state index in [-0.39, 0.29) is 0 Å². The van der Waals surface area contributed by atoms with Crippen LogP contribution in [-0.2, 0) is 0 Å². The lowest BCUT2D eigenvalue weighted by Gasteiger charge is -2.37. The fraction of sp³-hybridized carbons (Fsp3) is 0.947. The van der Waals surface area contributed by atoms with Crippen molar-refractivity contribution in [2.45, 2.75) is 84.0 Å². The van der Waals surface area contributed by atoms with Gasteiger partial charge in [-0.3, -0.25) is 0 Å². The van der Waals surface area contributed by atoms with E-state index in [1.165, 1.54) is 77.0 Å². The molecule has 1 nitrogen and oxygen atoms in total. The van der Waals surface area contributed by atoms with Crippen LogP contribution in [0.1, 0.15) is 84.0 Å². The van der Waals surface area contributed by atoms with E-state index >= 15 is 0 Å². The third-order valence-corrected chi connectivity index (χ3v) is 6.01. The summed E-state index contributed by atoms with van der Waals surface area (Å²) in [6.45, 7) is 10.1. The Balaban J connectivity index is 1.63. The number of hydrogen-bond acceptors (Lipinski definition) is 0. The van der Waals surface area contributed by atoms with Crippen molar-refractivity contribution in [3.8, 4) is 0 Å². The van der Waals surface area contributed by atoms with Crippen LogP contribution in [0, 0.1) is 30.2 Å². The monoisotopic (exact) mass is 275 g/mol. The van der Waals surface area contributed by atoms with E-state index in [0.29, 0.717) is 0 Å². The highest BCUT2D eigenvalue weighted by Crippen LogP contribution is 2.42. The molecule has 0 saturated heterocycles. The molecule has 0 heterocycles. The third-order valence-electron chi connectivity index (χ3n) is 6.01. The van der Waals surface area contributed by atoms with Crippen molar-refractivity contribution in [3.63, 3.8) is 0 Å². The van der Waals surface area contributed by atoms with Gasteiger partial charge in [0.1, 0.15) is 0 Å². The fourth-order valence-corrected chi connectivity index (χ4v) is 4.60. The van der Waals surface area contributed by atoms with E-state index in [1.54, 1.807) is 0 Å². The van der Waals surface area contributed by atoms with Crippen LogP contribution in [0.2, 0.25) is 0 Å². The van der Waals surface area contributed by atoms with Gasteiger partial charge in [-0.2, -0.15) is 0 Å². The van der Waals surface area contributed by atoms with Gasteiger partial charge in [0.15, 0.2) is 0 Å². The lowest BCUT2D eigenvalue weighted by Crippen LogP contribution is -2.26. The summed E-state index contributed by atoms with van der Waals surface area (Å²) in [6, 6.07) is 0. The molecule has 114 valence electrons. The van der Waals surface area contributed by atoms with E-state index < -0.39 is 0 Å². The molecule has 2 aliphatic carbocycles. The normalized spacial score (nSPS) is 34.6. The Morgan fingerprint density at radius 1 is 0.800 bits per heavy atom. The molecule has 0 aliphatic heterocycles. The van der Waals surface area contributed by atoms with Crippen molar-refractivity contribution in [3.05, 3.63) is 11.4 Å². The summed E-state index contributed by atoms with van der Waals surface area (Å²) >= 11 is 0. The summed E-state index contributed by atoms with van der Waals surface area (Å²) in [4.78, 5) is 3.59. The smallest absolute Gasteiger partial charge is 0.217 e. The minimum Gasteiger partial charge on any atom is -0.317 e. The van der Waals surface area contributed by atoms with E-state index in [4.69, 9.17) is 6.57 Å². The number of rotatable bonds is 6. The predicted molar refractivity (Wildman–Crippen MR) is 86.5 cm³/mol. The largest absolute Gasteiger partial charge is 0.317 e. The van der Waals surface area contributed by atoms with Gasteiger partial charge >= 0.3 is 0 Å². The van der Waals surface area contributed by atoms with E-state index in [2.05, 4.69) is 11.8 Å². The zero-order valence-electron chi connectivity index (χ0n) is 13.4. The summed E-state index contributed by atoms with van der Waals surface area (Å²) in [6.07, 6.45) is 17.3. The Labute approximate surface area is 126 Å².